The molecule has 0 saturated carbocycles. The number of rotatable bonds is 5. The Balaban J connectivity index is 1.99. The molecule has 2 N–H and O–H groups in total. The Hall–Kier alpha value is -2.88. The van der Waals surface area contributed by atoms with Crippen LogP contribution in [-0.2, 0) is 0 Å². The fourth-order valence-corrected chi connectivity index (χ4v) is 2.38. The molecule has 0 aliphatic heterocycles. The van der Waals surface area contributed by atoms with Crippen molar-refractivity contribution in [2.24, 2.45) is 0 Å². The largest absolute Gasteiger partial charge is 0.366 e. The summed E-state index contributed by atoms with van der Waals surface area (Å²) >= 11 is 0. The number of hydrogen-bond donors (Lipinski definition) is 2. The molecule has 0 spiro atoms. The van der Waals surface area contributed by atoms with Gasteiger partial charge in [-0.25, -0.2) is 4.98 Å². The monoisotopic (exact) mass is 304 g/mol. The van der Waals surface area contributed by atoms with Crippen LogP contribution in [0.15, 0.2) is 55.1 Å². The van der Waals surface area contributed by atoms with E-state index in [1.54, 1.807) is 0 Å². The van der Waals surface area contributed by atoms with Gasteiger partial charge < -0.3 is 10.6 Å². The van der Waals surface area contributed by atoms with Gasteiger partial charge in [0, 0.05) is 17.6 Å². The quantitative estimate of drug-likeness (QED) is 0.677. The molecule has 23 heavy (non-hydrogen) atoms. The van der Waals surface area contributed by atoms with Crippen molar-refractivity contribution in [1.82, 2.24) is 9.97 Å². The van der Waals surface area contributed by atoms with Crippen LogP contribution in [0.3, 0.4) is 0 Å². The van der Waals surface area contributed by atoms with Crippen molar-refractivity contribution >= 4 is 28.4 Å². The molecule has 0 amide bonds. The highest BCUT2D eigenvalue weighted by molar-refractivity contribution is 5.90. The van der Waals surface area contributed by atoms with Gasteiger partial charge in [0.25, 0.3) is 0 Å². The molecule has 0 aliphatic rings. The first-order valence-corrected chi connectivity index (χ1v) is 7.63. The summed E-state index contributed by atoms with van der Waals surface area (Å²) in [6.45, 7) is 8.60. The topological polar surface area (TPSA) is 49.8 Å². The van der Waals surface area contributed by atoms with E-state index in [4.69, 9.17) is 0 Å². The Bertz CT molecular complexity index is 855. The first-order chi connectivity index (χ1) is 11.2. The second kappa shape index (κ2) is 6.48. The Kier molecular flexibility index (Phi) is 4.24. The highest BCUT2D eigenvalue weighted by Crippen LogP contribution is 2.24. The first-order valence-electron chi connectivity index (χ1n) is 7.63. The lowest BCUT2D eigenvalue weighted by Gasteiger charge is -2.11. The molecule has 0 unspecified atom stereocenters. The number of anilines is 3. The maximum absolute atomic E-state index is 4.60. The van der Waals surface area contributed by atoms with Crippen molar-refractivity contribution < 1.29 is 0 Å². The molecule has 0 radical (unpaired) electrons. The van der Waals surface area contributed by atoms with Gasteiger partial charge in [-0.05, 0) is 49.2 Å². The summed E-state index contributed by atoms with van der Waals surface area (Å²) in [7, 11) is 0. The number of aryl methyl sites for hydroxylation is 2. The molecule has 4 nitrogen and oxygen atoms in total. The van der Waals surface area contributed by atoms with Gasteiger partial charge in [-0.3, -0.25) is 0 Å². The summed E-state index contributed by atoms with van der Waals surface area (Å²) in [6, 6.07) is 14.2. The van der Waals surface area contributed by atoms with Crippen molar-refractivity contribution in [2.75, 3.05) is 17.2 Å². The summed E-state index contributed by atoms with van der Waals surface area (Å²) in [5.74, 6) is 1.39. The fourth-order valence-electron chi connectivity index (χ4n) is 2.38. The molecule has 116 valence electrons. The summed E-state index contributed by atoms with van der Waals surface area (Å²) in [5, 5.41) is 7.57. The van der Waals surface area contributed by atoms with E-state index in [-0.39, 0.29) is 0 Å². The third-order valence-corrected chi connectivity index (χ3v) is 3.78. The number of hydrogen-bond acceptors (Lipinski definition) is 4. The Morgan fingerprint density at radius 1 is 1.04 bits per heavy atom. The van der Waals surface area contributed by atoms with Gasteiger partial charge in [0.1, 0.15) is 5.82 Å². The SMILES string of the molecule is C=CCNc1nc(Nc2ccc(C)c(C)c2)nc2ccccc12. The molecule has 3 rings (SSSR count). The standard InChI is InChI=1S/C19H20N4/c1-4-11-20-18-16-7-5-6-8-17(16)22-19(23-18)21-15-10-9-13(2)14(3)12-15/h4-10,12H,1,11H2,2-3H3,(H2,20,21,22,23). The molecule has 3 aromatic rings. The summed E-state index contributed by atoms with van der Waals surface area (Å²) in [6.07, 6.45) is 1.81. The van der Waals surface area contributed by atoms with Crippen LogP contribution in [0.25, 0.3) is 10.9 Å². The fraction of sp³-hybridized carbons (Fsp3) is 0.158. The molecule has 4 heteroatoms. The molecule has 0 fully saturated rings. The van der Waals surface area contributed by atoms with Crippen LogP contribution >= 0.6 is 0 Å². The molecular formula is C19H20N4. The second-order valence-electron chi connectivity index (χ2n) is 5.51. The smallest absolute Gasteiger partial charge is 0.229 e. The highest BCUT2D eigenvalue weighted by Gasteiger charge is 2.07. The van der Waals surface area contributed by atoms with Crippen LogP contribution in [0.1, 0.15) is 11.1 Å². The van der Waals surface area contributed by atoms with Crippen LogP contribution in [-0.4, -0.2) is 16.5 Å². The van der Waals surface area contributed by atoms with Crippen LogP contribution in [0.5, 0.6) is 0 Å². The van der Waals surface area contributed by atoms with E-state index in [0.717, 1.165) is 22.4 Å². The van der Waals surface area contributed by atoms with Gasteiger partial charge in [0.2, 0.25) is 5.95 Å². The maximum Gasteiger partial charge on any atom is 0.229 e. The van der Waals surface area contributed by atoms with E-state index in [0.29, 0.717) is 12.5 Å². The van der Waals surface area contributed by atoms with E-state index >= 15 is 0 Å². The molecule has 0 atom stereocenters. The van der Waals surface area contributed by atoms with Gasteiger partial charge in [-0.15, -0.1) is 6.58 Å². The molecule has 0 aliphatic carbocycles. The van der Waals surface area contributed by atoms with Crippen molar-refractivity contribution in [3.05, 3.63) is 66.2 Å². The predicted octanol–water partition coefficient (Wildman–Crippen LogP) is 4.59. The number of nitrogens with one attached hydrogen (secondary N) is 2. The molecule has 0 saturated heterocycles. The highest BCUT2D eigenvalue weighted by atomic mass is 15.1. The normalized spacial score (nSPS) is 10.5. The lowest BCUT2D eigenvalue weighted by molar-refractivity contribution is 1.18. The molecule has 2 aromatic carbocycles. The third-order valence-electron chi connectivity index (χ3n) is 3.78. The lowest BCUT2D eigenvalue weighted by Crippen LogP contribution is -2.05. The maximum atomic E-state index is 4.60. The van der Waals surface area contributed by atoms with E-state index in [1.807, 2.05) is 36.4 Å². The van der Waals surface area contributed by atoms with Crippen LogP contribution in [0.2, 0.25) is 0 Å². The van der Waals surface area contributed by atoms with Gasteiger partial charge in [0.15, 0.2) is 0 Å². The number of benzene rings is 2. The van der Waals surface area contributed by atoms with E-state index in [9.17, 15) is 0 Å². The summed E-state index contributed by atoms with van der Waals surface area (Å²) < 4.78 is 0. The van der Waals surface area contributed by atoms with E-state index < -0.39 is 0 Å². The lowest BCUT2D eigenvalue weighted by atomic mass is 10.1. The van der Waals surface area contributed by atoms with Crippen molar-refractivity contribution in [1.29, 1.82) is 0 Å². The van der Waals surface area contributed by atoms with Crippen LogP contribution < -0.4 is 10.6 Å². The summed E-state index contributed by atoms with van der Waals surface area (Å²) in [5.41, 5.74) is 4.39. The molecule has 1 aromatic heterocycles. The van der Waals surface area contributed by atoms with Gasteiger partial charge in [-0.1, -0.05) is 24.3 Å². The predicted molar refractivity (Wildman–Crippen MR) is 97.4 cm³/mol. The zero-order chi connectivity index (χ0) is 16.2. The second-order valence-corrected chi connectivity index (χ2v) is 5.51. The van der Waals surface area contributed by atoms with Crippen molar-refractivity contribution in [3.8, 4) is 0 Å². The molecule has 1 heterocycles. The average molecular weight is 304 g/mol. The summed E-state index contributed by atoms with van der Waals surface area (Å²) in [4.78, 5) is 9.21. The Morgan fingerprint density at radius 2 is 1.87 bits per heavy atom. The zero-order valence-electron chi connectivity index (χ0n) is 13.4. The number of para-hydroxylation sites is 1. The number of aromatic nitrogens is 2. The zero-order valence-corrected chi connectivity index (χ0v) is 13.4. The van der Waals surface area contributed by atoms with E-state index in [2.05, 4.69) is 53.2 Å². The van der Waals surface area contributed by atoms with Crippen LogP contribution in [0, 0.1) is 13.8 Å². The van der Waals surface area contributed by atoms with E-state index in [1.165, 1.54) is 11.1 Å². The van der Waals surface area contributed by atoms with Gasteiger partial charge in [-0.2, -0.15) is 4.98 Å². The Labute approximate surface area is 136 Å². The minimum atomic E-state index is 0.582. The van der Waals surface area contributed by atoms with Gasteiger partial charge in [0.05, 0.1) is 5.52 Å². The number of fused-ring (bicyclic) bond motifs is 1. The van der Waals surface area contributed by atoms with Crippen molar-refractivity contribution in [3.63, 3.8) is 0 Å². The number of nitrogens with zero attached hydrogens (tertiary/aromatic N) is 2. The minimum absolute atomic E-state index is 0.582. The molecular weight excluding hydrogens is 284 g/mol. The first kappa shape index (κ1) is 15.0. The van der Waals surface area contributed by atoms with Crippen LogP contribution in [0.4, 0.5) is 17.5 Å². The third kappa shape index (κ3) is 3.31. The Morgan fingerprint density at radius 3 is 2.65 bits per heavy atom. The molecule has 0 bridgehead atoms. The average Bonchev–Trinajstić information content (AvgIpc) is 2.56. The minimum Gasteiger partial charge on any atom is -0.366 e. The van der Waals surface area contributed by atoms with Gasteiger partial charge >= 0.3 is 0 Å². The van der Waals surface area contributed by atoms with Crippen molar-refractivity contribution in [2.45, 2.75) is 13.8 Å².